The molecule has 84 heavy (non-hydrogen) atoms. The fourth-order valence-corrected chi connectivity index (χ4v) is 6.00. The first kappa shape index (κ1) is 73.3. The summed E-state index contributed by atoms with van der Waals surface area (Å²) in [5, 5.41) is 18.4. The number of aryl methyl sites for hydroxylation is 8. The maximum absolute atomic E-state index is 12.6. The summed E-state index contributed by atoms with van der Waals surface area (Å²) in [4.78, 5) is 23.6. The zero-order valence-electron chi connectivity index (χ0n) is 46.6. The average Bonchev–Trinajstić information content (AvgIpc) is 3.48. The fourth-order valence-electron chi connectivity index (χ4n) is 6.00. The van der Waals surface area contributed by atoms with Gasteiger partial charge in [-0.3, -0.25) is 4.98 Å². The van der Waals surface area contributed by atoms with Crippen molar-refractivity contribution in [3.8, 4) is 6.07 Å². The average molecular weight is 1190 g/mol. The van der Waals surface area contributed by atoms with Crippen LogP contribution in [0.15, 0.2) is 164 Å². The predicted molar refractivity (Wildman–Crippen MR) is 290 cm³/mol. The molecule has 0 radical (unpaired) electrons. The van der Waals surface area contributed by atoms with Crippen molar-refractivity contribution in [1.82, 2.24) is 19.9 Å². The summed E-state index contributed by atoms with van der Waals surface area (Å²) in [5.74, 6) is -1.23. The van der Waals surface area contributed by atoms with Crippen molar-refractivity contribution >= 4 is 5.82 Å². The summed E-state index contributed by atoms with van der Waals surface area (Å²) >= 11 is 0. The molecule has 0 N–H and O–H groups in total. The van der Waals surface area contributed by atoms with Crippen LogP contribution in [0.25, 0.3) is 0 Å². The number of nitro groups is 1. The highest BCUT2D eigenvalue weighted by Crippen LogP contribution is 2.33. The van der Waals surface area contributed by atoms with Crippen molar-refractivity contribution in [3.63, 3.8) is 0 Å². The van der Waals surface area contributed by atoms with E-state index in [4.69, 9.17) is 5.26 Å². The SMILES string of the molecule is CCc1cc(F)ccc1F.CCc1ccc(C(F)(F)F)cc1.CCc1cccc(C(F)(F)F)c1.CCc1ccccc1C(F)(F)F.Cc1ccc(C#N)nc1.Cc1ccc(C(F)(F)F)nc1.Cc1ccc(F)nc1.Cc1ccc([N+](=O)[O-])nc1. The normalized spacial score (nSPS) is 10.6. The van der Waals surface area contributed by atoms with Gasteiger partial charge in [0.2, 0.25) is 5.95 Å². The minimum absolute atomic E-state index is 0.106. The second-order valence-corrected chi connectivity index (χ2v) is 17.4. The molecule has 0 unspecified atom stereocenters. The predicted octanol–water partition coefficient (Wildman–Crippen LogP) is 18.8. The second-order valence-electron chi connectivity index (χ2n) is 17.4. The zero-order valence-corrected chi connectivity index (χ0v) is 46.6. The Morgan fingerprint density at radius 2 is 0.976 bits per heavy atom. The van der Waals surface area contributed by atoms with Crippen LogP contribution in [0.3, 0.4) is 0 Å². The molecule has 0 spiro atoms. The van der Waals surface area contributed by atoms with Gasteiger partial charge in [0.05, 0.1) is 16.7 Å². The third kappa shape index (κ3) is 29.9. The number of benzene rings is 4. The lowest BCUT2D eigenvalue weighted by Crippen LogP contribution is -2.08. The van der Waals surface area contributed by atoms with Crippen LogP contribution in [0.1, 0.15) is 100 Å². The van der Waals surface area contributed by atoms with E-state index in [1.54, 1.807) is 57.3 Å². The number of aromatic nitrogens is 4. The second kappa shape index (κ2) is 36.0. The Bertz CT molecular complexity index is 3180. The number of nitrogens with zero attached hydrogens (tertiary/aromatic N) is 6. The van der Waals surface area contributed by atoms with Crippen molar-refractivity contribution in [2.24, 2.45) is 0 Å². The summed E-state index contributed by atoms with van der Waals surface area (Å²) in [7, 11) is 0. The summed E-state index contributed by atoms with van der Waals surface area (Å²) in [6, 6.07) is 33.7. The van der Waals surface area contributed by atoms with Crippen LogP contribution in [-0.4, -0.2) is 24.9 Å². The van der Waals surface area contributed by atoms with E-state index in [1.807, 2.05) is 46.8 Å². The number of halogens is 15. The molecule has 0 aliphatic carbocycles. The van der Waals surface area contributed by atoms with Gasteiger partial charge in [0.25, 0.3) is 0 Å². The maximum Gasteiger partial charge on any atom is 0.433 e. The fraction of sp³-hybridized carbons (Fsp3) is 0.262. The highest BCUT2D eigenvalue weighted by atomic mass is 19.4. The lowest BCUT2D eigenvalue weighted by atomic mass is 10.1. The highest BCUT2D eigenvalue weighted by molar-refractivity contribution is 5.30. The lowest BCUT2D eigenvalue weighted by Gasteiger charge is -2.10. The Balaban J connectivity index is 0.000000481. The summed E-state index contributed by atoms with van der Waals surface area (Å²) in [5.41, 5.74) is 4.07. The van der Waals surface area contributed by atoms with Crippen LogP contribution < -0.4 is 0 Å². The molecule has 4 aromatic carbocycles. The first-order valence-corrected chi connectivity index (χ1v) is 25.1. The summed E-state index contributed by atoms with van der Waals surface area (Å²) < 4.78 is 182. The van der Waals surface area contributed by atoms with E-state index >= 15 is 0 Å². The number of hydrogen-bond acceptors (Lipinski definition) is 7. The molecule has 0 saturated carbocycles. The van der Waals surface area contributed by atoms with Gasteiger partial charge in [0.15, 0.2) is 0 Å². The van der Waals surface area contributed by atoms with E-state index < -0.39 is 58.0 Å². The molecular weight excluding hydrogens is 1130 g/mol. The quantitative estimate of drug-likeness (QED) is 0.0729. The topological polar surface area (TPSA) is 118 Å². The molecule has 0 bridgehead atoms. The largest absolute Gasteiger partial charge is 0.433 e. The number of pyridine rings is 4. The monoisotopic (exact) mass is 1190 g/mol. The van der Waals surface area contributed by atoms with Crippen molar-refractivity contribution in [1.29, 1.82) is 5.26 Å². The van der Waals surface area contributed by atoms with Crippen LogP contribution in [0.4, 0.5) is 71.7 Å². The van der Waals surface area contributed by atoms with Gasteiger partial charge < -0.3 is 10.1 Å². The van der Waals surface area contributed by atoms with E-state index in [0.29, 0.717) is 41.6 Å². The molecule has 0 amide bonds. The molecule has 8 rings (SSSR count). The Labute approximate surface area is 476 Å². The molecule has 0 atom stereocenters. The van der Waals surface area contributed by atoms with E-state index in [-0.39, 0.29) is 17.5 Å². The number of alkyl halides is 12. The third-order valence-electron chi connectivity index (χ3n) is 10.6. The van der Waals surface area contributed by atoms with Gasteiger partial charge in [0.1, 0.15) is 35.3 Å². The molecule has 23 heteroatoms. The maximum atomic E-state index is 12.6. The molecule has 0 saturated heterocycles. The van der Waals surface area contributed by atoms with E-state index in [2.05, 4.69) is 19.9 Å². The first-order valence-electron chi connectivity index (χ1n) is 25.1. The van der Waals surface area contributed by atoms with Gasteiger partial charge >= 0.3 is 30.5 Å². The minimum atomic E-state index is -4.33. The van der Waals surface area contributed by atoms with Gasteiger partial charge in [-0.15, -0.1) is 0 Å². The van der Waals surface area contributed by atoms with Crippen LogP contribution in [0.5, 0.6) is 0 Å². The standard InChI is InChI=1S/3C9H9F3.C8H8F2.C7H6F3N.C7H6N2.C6H6FN.C6H6N2O2/c1-2-7-3-5-8(6-4-7)9(10,11)12;1-2-7-4-3-5-8(6-7)9(10,11)12;1-2-7-5-3-4-6-8(7)9(10,11)12;1-2-6-5-7(9)3-4-8(6)10;1-5-2-3-6(11-4-5)7(8,9)10;1-6-2-3-7(4-8)9-5-6;1-5-2-3-6(7)8-4-5;1-5-2-3-6(7-4-5)8(9)10/h3*3-6H,2H2,1H3;3-5H,2H2,1H3;2-4H,1H3;2-3,5H,1H3;2-4H,1H3;2-4H,1H3. The minimum Gasteiger partial charge on any atom is -0.358 e. The number of hydrogen-bond donors (Lipinski definition) is 0. The van der Waals surface area contributed by atoms with Gasteiger partial charge in [-0.1, -0.05) is 94.4 Å². The molecule has 8 aromatic rings. The van der Waals surface area contributed by atoms with E-state index in [9.17, 15) is 76.0 Å². The third-order valence-corrected chi connectivity index (χ3v) is 10.6. The molecule has 8 nitrogen and oxygen atoms in total. The summed E-state index contributed by atoms with van der Waals surface area (Å²) in [6.07, 6.45) is -8.80. The molecule has 450 valence electrons. The molecule has 0 fully saturated rings. The molecule has 0 aliphatic heterocycles. The number of rotatable bonds is 5. The van der Waals surface area contributed by atoms with Crippen LogP contribution in [0.2, 0.25) is 0 Å². The van der Waals surface area contributed by atoms with Gasteiger partial charge in [0, 0.05) is 24.7 Å². The van der Waals surface area contributed by atoms with Gasteiger partial charge in [-0.2, -0.15) is 62.3 Å². The molecule has 4 aromatic heterocycles. The number of nitriles is 1. The van der Waals surface area contributed by atoms with Crippen LogP contribution >= 0.6 is 0 Å². The highest BCUT2D eigenvalue weighted by Gasteiger charge is 2.33. The van der Waals surface area contributed by atoms with Crippen molar-refractivity contribution in [2.45, 2.75) is 106 Å². The lowest BCUT2D eigenvalue weighted by molar-refractivity contribution is -0.389. The Morgan fingerprint density at radius 1 is 0.464 bits per heavy atom. The Kier molecular flexibility index (Phi) is 31.4. The summed E-state index contributed by atoms with van der Waals surface area (Å²) in [6.45, 7) is 14.6. The molecule has 0 aliphatic rings. The van der Waals surface area contributed by atoms with Crippen molar-refractivity contribution in [2.75, 3.05) is 0 Å². The zero-order chi connectivity index (χ0) is 63.8. The molecular formula is C61H59F15N6O2. The van der Waals surface area contributed by atoms with Crippen molar-refractivity contribution < 1.29 is 70.8 Å². The Morgan fingerprint density at radius 3 is 1.36 bits per heavy atom. The smallest absolute Gasteiger partial charge is 0.358 e. The van der Waals surface area contributed by atoms with Gasteiger partial charge in [-0.05, 0) is 175 Å². The van der Waals surface area contributed by atoms with Crippen LogP contribution in [-0.2, 0) is 50.4 Å². The van der Waals surface area contributed by atoms with Gasteiger partial charge in [-0.25, -0.2) is 18.7 Å². The van der Waals surface area contributed by atoms with Crippen LogP contribution in [0, 0.1) is 66.7 Å². The van der Waals surface area contributed by atoms with Crippen molar-refractivity contribution in [3.05, 3.63) is 265 Å². The first-order chi connectivity index (χ1) is 39.2. The van der Waals surface area contributed by atoms with E-state index in [1.165, 1.54) is 79.3 Å². The Hall–Kier alpha value is -8.68. The van der Waals surface area contributed by atoms with E-state index in [0.717, 1.165) is 76.7 Å². The molecule has 4 heterocycles.